The van der Waals surface area contributed by atoms with Gasteiger partial charge in [-0.2, -0.15) is 0 Å². The van der Waals surface area contributed by atoms with Gasteiger partial charge in [0.15, 0.2) is 0 Å². The summed E-state index contributed by atoms with van der Waals surface area (Å²) in [6.45, 7) is 0.455. The second-order valence-corrected chi connectivity index (χ2v) is 6.87. The maximum atomic E-state index is 13.5. The number of anilines is 3. The SMILES string of the molecule is O=C(Nc1nccn1Cc1ccccc1Cl)c1cccnc1Nc1cccc(F)c1. The number of imidazole rings is 1. The van der Waals surface area contributed by atoms with Crippen LogP contribution in [0.25, 0.3) is 0 Å². The summed E-state index contributed by atoms with van der Waals surface area (Å²) in [5.74, 6) is -0.0950. The number of carbonyl (C=O) groups is 1. The number of rotatable bonds is 6. The van der Waals surface area contributed by atoms with Gasteiger partial charge in [0.25, 0.3) is 5.91 Å². The van der Waals surface area contributed by atoms with Crippen LogP contribution in [-0.4, -0.2) is 20.4 Å². The van der Waals surface area contributed by atoms with E-state index in [0.717, 1.165) is 5.56 Å². The number of aromatic nitrogens is 3. The van der Waals surface area contributed by atoms with Crippen molar-refractivity contribution in [3.8, 4) is 0 Å². The van der Waals surface area contributed by atoms with E-state index < -0.39 is 5.91 Å². The molecule has 0 aliphatic rings. The maximum Gasteiger partial charge on any atom is 0.261 e. The molecule has 1 amide bonds. The molecule has 6 nitrogen and oxygen atoms in total. The van der Waals surface area contributed by atoms with Crippen LogP contribution < -0.4 is 10.6 Å². The van der Waals surface area contributed by atoms with Crippen molar-refractivity contribution in [2.45, 2.75) is 6.54 Å². The lowest BCUT2D eigenvalue weighted by atomic mass is 10.2. The van der Waals surface area contributed by atoms with Crippen LogP contribution in [0.4, 0.5) is 21.8 Å². The first-order valence-corrected chi connectivity index (χ1v) is 9.51. The number of benzene rings is 2. The number of halogens is 2. The van der Waals surface area contributed by atoms with E-state index in [0.29, 0.717) is 34.6 Å². The van der Waals surface area contributed by atoms with Crippen molar-refractivity contribution >= 4 is 35.0 Å². The summed E-state index contributed by atoms with van der Waals surface area (Å²) < 4.78 is 15.3. The van der Waals surface area contributed by atoms with Crippen molar-refractivity contribution < 1.29 is 9.18 Å². The van der Waals surface area contributed by atoms with Crippen LogP contribution in [0.2, 0.25) is 5.02 Å². The molecule has 0 spiro atoms. The minimum atomic E-state index is -0.395. The van der Waals surface area contributed by atoms with Gasteiger partial charge in [-0.15, -0.1) is 0 Å². The van der Waals surface area contributed by atoms with Crippen LogP contribution in [0.15, 0.2) is 79.3 Å². The number of nitrogens with one attached hydrogen (secondary N) is 2. The summed E-state index contributed by atoms with van der Waals surface area (Å²) in [6, 6.07) is 16.7. The summed E-state index contributed by atoms with van der Waals surface area (Å²) in [4.78, 5) is 21.4. The smallest absolute Gasteiger partial charge is 0.261 e. The van der Waals surface area contributed by atoms with Gasteiger partial charge in [-0.1, -0.05) is 35.9 Å². The fourth-order valence-corrected chi connectivity index (χ4v) is 3.13. The maximum absolute atomic E-state index is 13.5. The number of nitrogens with zero attached hydrogens (tertiary/aromatic N) is 3. The third kappa shape index (κ3) is 4.47. The summed E-state index contributed by atoms with van der Waals surface area (Å²) in [5, 5.41) is 6.42. The molecule has 0 aliphatic carbocycles. The predicted molar refractivity (Wildman–Crippen MR) is 115 cm³/mol. The van der Waals surface area contributed by atoms with Gasteiger partial charge in [0.1, 0.15) is 11.6 Å². The van der Waals surface area contributed by atoms with Gasteiger partial charge < -0.3 is 9.88 Å². The average molecular weight is 422 g/mol. The largest absolute Gasteiger partial charge is 0.339 e. The zero-order valence-corrected chi connectivity index (χ0v) is 16.5. The molecule has 0 saturated carbocycles. The Bertz CT molecular complexity index is 1190. The first-order chi connectivity index (χ1) is 14.6. The molecule has 0 saturated heterocycles. The monoisotopic (exact) mass is 421 g/mol. The zero-order chi connectivity index (χ0) is 20.9. The fourth-order valence-electron chi connectivity index (χ4n) is 2.93. The number of pyridine rings is 1. The van der Waals surface area contributed by atoms with Gasteiger partial charge in [0.2, 0.25) is 5.95 Å². The molecular weight excluding hydrogens is 405 g/mol. The van der Waals surface area contributed by atoms with Crippen LogP contribution >= 0.6 is 11.6 Å². The Labute approximate surface area is 177 Å². The molecule has 0 atom stereocenters. The second-order valence-electron chi connectivity index (χ2n) is 6.46. The van der Waals surface area contributed by atoms with E-state index >= 15 is 0 Å². The highest BCUT2D eigenvalue weighted by Gasteiger charge is 2.16. The lowest BCUT2D eigenvalue weighted by molar-refractivity contribution is 0.102. The molecule has 0 unspecified atom stereocenters. The highest BCUT2D eigenvalue weighted by Crippen LogP contribution is 2.21. The number of carbonyl (C=O) groups excluding carboxylic acids is 1. The Morgan fingerprint density at radius 1 is 1.03 bits per heavy atom. The molecular formula is C22H17ClFN5O. The minimum absolute atomic E-state index is 0.300. The molecule has 0 fully saturated rings. The number of hydrogen-bond acceptors (Lipinski definition) is 4. The van der Waals surface area contributed by atoms with Gasteiger partial charge in [-0.3, -0.25) is 10.1 Å². The molecule has 150 valence electrons. The van der Waals surface area contributed by atoms with Gasteiger partial charge in [0, 0.05) is 29.3 Å². The van der Waals surface area contributed by atoms with Gasteiger partial charge in [0.05, 0.1) is 12.1 Å². The van der Waals surface area contributed by atoms with E-state index in [1.54, 1.807) is 47.4 Å². The molecule has 2 aromatic heterocycles. The molecule has 4 aromatic rings. The third-order valence-electron chi connectivity index (χ3n) is 4.38. The predicted octanol–water partition coefficient (Wildman–Crippen LogP) is 5.11. The molecule has 2 heterocycles. The summed E-state index contributed by atoms with van der Waals surface area (Å²) >= 11 is 6.24. The Balaban J connectivity index is 1.54. The Kier molecular flexibility index (Phi) is 5.72. The Morgan fingerprint density at radius 2 is 1.90 bits per heavy atom. The highest BCUT2D eigenvalue weighted by atomic mass is 35.5. The normalized spacial score (nSPS) is 10.6. The van der Waals surface area contributed by atoms with Crippen molar-refractivity contribution in [3.63, 3.8) is 0 Å². The first kappa shape index (κ1) is 19.6. The molecule has 0 bridgehead atoms. The molecule has 4 rings (SSSR count). The second kappa shape index (κ2) is 8.75. The fraction of sp³-hybridized carbons (Fsp3) is 0.0455. The van der Waals surface area contributed by atoms with Crippen molar-refractivity contribution in [1.82, 2.24) is 14.5 Å². The van der Waals surface area contributed by atoms with E-state index in [1.165, 1.54) is 12.1 Å². The Morgan fingerprint density at radius 3 is 2.73 bits per heavy atom. The molecule has 2 N–H and O–H groups in total. The minimum Gasteiger partial charge on any atom is -0.339 e. The first-order valence-electron chi connectivity index (χ1n) is 9.13. The van der Waals surface area contributed by atoms with E-state index in [4.69, 9.17) is 11.6 Å². The number of hydrogen-bond donors (Lipinski definition) is 2. The van der Waals surface area contributed by atoms with E-state index in [-0.39, 0.29) is 5.82 Å². The molecule has 0 radical (unpaired) electrons. The standard InChI is InChI=1S/C22H17ClFN5O/c23-19-9-2-1-5-15(19)14-29-12-11-26-22(29)28-21(30)18-8-4-10-25-20(18)27-17-7-3-6-16(24)13-17/h1-13H,14H2,(H,25,27)(H,26,28,30). The lowest BCUT2D eigenvalue weighted by Crippen LogP contribution is -2.18. The van der Waals surface area contributed by atoms with Gasteiger partial charge in [-0.05, 0) is 42.0 Å². The summed E-state index contributed by atoms with van der Waals surface area (Å²) in [7, 11) is 0. The van der Waals surface area contributed by atoms with Crippen LogP contribution in [0, 0.1) is 5.82 Å². The number of amides is 1. The van der Waals surface area contributed by atoms with E-state index in [2.05, 4.69) is 20.6 Å². The van der Waals surface area contributed by atoms with Crippen molar-refractivity contribution in [3.05, 3.63) is 101 Å². The van der Waals surface area contributed by atoms with Crippen molar-refractivity contribution in [1.29, 1.82) is 0 Å². The van der Waals surface area contributed by atoms with Crippen molar-refractivity contribution in [2.75, 3.05) is 10.6 Å². The van der Waals surface area contributed by atoms with Gasteiger partial charge >= 0.3 is 0 Å². The molecule has 2 aromatic carbocycles. The molecule has 8 heteroatoms. The quantitative estimate of drug-likeness (QED) is 0.453. The zero-order valence-electron chi connectivity index (χ0n) is 15.7. The van der Waals surface area contributed by atoms with Gasteiger partial charge in [-0.25, -0.2) is 14.4 Å². The highest BCUT2D eigenvalue weighted by molar-refractivity contribution is 6.31. The molecule has 0 aliphatic heterocycles. The summed E-state index contributed by atoms with van der Waals surface area (Å²) in [5.41, 5.74) is 1.69. The van der Waals surface area contributed by atoms with Crippen molar-refractivity contribution in [2.24, 2.45) is 0 Å². The van der Waals surface area contributed by atoms with Crippen LogP contribution in [0.5, 0.6) is 0 Å². The summed E-state index contributed by atoms with van der Waals surface area (Å²) in [6.07, 6.45) is 4.91. The van der Waals surface area contributed by atoms with E-state index in [1.807, 2.05) is 24.3 Å². The average Bonchev–Trinajstić information content (AvgIpc) is 3.16. The Hall–Kier alpha value is -3.71. The lowest BCUT2D eigenvalue weighted by Gasteiger charge is -2.13. The van der Waals surface area contributed by atoms with Crippen LogP contribution in [0.1, 0.15) is 15.9 Å². The third-order valence-corrected chi connectivity index (χ3v) is 4.75. The van der Waals surface area contributed by atoms with E-state index in [9.17, 15) is 9.18 Å². The topological polar surface area (TPSA) is 71.8 Å². The van der Waals surface area contributed by atoms with Crippen LogP contribution in [0.3, 0.4) is 0 Å². The molecule has 30 heavy (non-hydrogen) atoms. The van der Waals surface area contributed by atoms with Crippen LogP contribution in [-0.2, 0) is 6.54 Å².